The summed E-state index contributed by atoms with van der Waals surface area (Å²) < 4.78 is 1.95. The van der Waals surface area contributed by atoms with Crippen LogP contribution in [0.3, 0.4) is 0 Å². The first-order valence-electron chi connectivity index (χ1n) is 10.8. The predicted molar refractivity (Wildman–Crippen MR) is 126 cm³/mol. The Morgan fingerprint density at radius 2 is 1.97 bits per heavy atom. The maximum atomic E-state index is 12.9. The summed E-state index contributed by atoms with van der Waals surface area (Å²) in [6.45, 7) is 6.36. The van der Waals surface area contributed by atoms with Crippen LogP contribution in [0.1, 0.15) is 44.4 Å². The van der Waals surface area contributed by atoms with Crippen molar-refractivity contribution in [2.24, 2.45) is 5.92 Å². The average molecular weight is 462 g/mol. The third-order valence-electron chi connectivity index (χ3n) is 5.92. The summed E-state index contributed by atoms with van der Waals surface area (Å²) in [7, 11) is 0. The molecule has 4 aromatic rings. The molecule has 168 valence electrons. The van der Waals surface area contributed by atoms with Gasteiger partial charge in [0, 0.05) is 33.8 Å². The predicted octanol–water partition coefficient (Wildman–Crippen LogP) is 4.75. The van der Waals surface area contributed by atoms with Crippen molar-refractivity contribution in [3.8, 4) is 17.1 Å². The van der Waals surface area contributed by atoms with Gasteiger partial charge in [-0.3, -0.25) is 4.79 Å². The van der Waals surface area contributed by atoms with Crippen molar-refractivity contribution in [3.05, 3.63) is 71.3 Å². The first kappa shape index (κ1) is 21.3. The lowest BCUT2D eigenvalue weighted by Crippen LogP contribution is -2.15. The lowest BCUT2D eigenvalue weighted by Gasteiger charge is -2.15. The van der Waals surface area contributed by atoms with E-state index in [0.29, 0.717) is 16.5 Å². The molecule has 8 nitrogen and oxygen atoms in total. The molecule has 1 amide bonds. The van der Waals surface area contributed by atoms with Crippen molar-refractivity contribution >= 4 is 23.2 Å². The van der Waals surface area contributed by atoms with Gasteiger partial charge in [0.1, 0.15) is 0 Å². The molecule has 1 fully saturated rings. The monoisotopic (exact) mass is 461 g/mol. The van der Waals surface area contributed by atoms with E-state index in [0.717, 1.165) is 28.9 Å². The van der Waals surface area contributed by atoms with E-state index in [1.807, 2.05) is 53.2 Å². The number of anilines is 1. The molecule has 2 atom stereocenters. The van der Waals surface area contributed by atoms with Gasteiger partial charge in [0.05, 0.1) is 17.7 Å². The number of aromatic amines is 1. The van der Waals surface area contributed by atoms with Crippen LogP contribution in [0.15, 0.2) is 55.0 Å². The van der Waals surface area contributed by atoms with Crippen molar-refractivity contribution in [3.63, 3.8) is 0 Å². The van der Waals surface area contributed by atoms with E-state index >= 15 is 0 Å². The van der Waals surface area contributed by atoms with Gasteiger partial charge < -0.3 is 9.88 Å². The van der Waals surface area contributed by atoms with Crippen LogP contribution in [0.4, 0.5) is 5.69 Å². The number of halogens is 1. The highest BCUT2D eigenvalue weighted by atomic mass is 35.5. The molecule has 1 aliphatic carbocycles. The van der Waals surface area contributed by atoms with E-state index in [9.17, 15) is 4.79 Å². The standard InChI is InChI=1S/C24H24ClN7O/c1-24(2,3)21-12-32(13-26-21)20-9-8-16(10-19(20)22-28-30-31-29-22)27-23(33)18-11-17(18)14-4-6-15(25)7-5-14/h4-10,12-13,17-18H,11H2,1-3H3,(H,27,33)(H,28,29,30,31)/t17-,18+/m0/s1. The van der Waals surface area contributed by atoms with Gasteiger partial charge in [-0.05, 0) is 58.7 Å². The fraction of sp³-hybridized carbons (Fsp3) is 0.292. The molecule has 0 aliphatic heterocycles. The van der Waals surface area contributed by atoms with E-state index in [-0.39, 0.29) is 23.2 Å². The lowest BCUT2D eigenvalue weighted by atomic mass is 9.93. The van der Waals surface area contributed by atoms with Crippen molar-refractivity contribution < 1.29 is 4.79 Å². The number of hydrogen-bond acceptors (Lipinski definition) is 5. The van der Waals surface area contributed by atoms with Crippen LogP contribution in [0.25, 0.3) is 17.1 Å². The van der Waals surface area contributed by atoms with Crippen LogP contribution in [0.5, 0.6) is 0 Å². The van der Waals surface area contributed by atoms with Crippen LogP contribution in [-0.4, -0.2) is 36.1 Å². The van der Waals surface area contributed by atoms with Crippen molar-refractivity contribution in [1.29, 1.82) is 0 Å². The maximum absolute atomic E-state index is 12.9. The van der Waals surface area contributed by atoms with E-state index < -0.39 is 0 Å². The molecule has 0 spiro atoms. The van der Waals surface area contributed by atoms with Gasteiger partial charge in [0.25, 0.3) is 0 Å². The Bertz CT molecular complexity index is 1290. The van der Waals surface area contributed by atoms with Crippen LogP contribution < -0.4 is 5.32 Å². The summed E-state index contributed by atoms with van der Waals surface area (Å²) in [5.41, 5.74) is 4.35. The molecule has 0 saturated heterocycles. The van der Waals surface area contributed by atoms with E-state index in [1.54, 1.807) is 6.33 Å². The topological polar surface area (TPSA) is 101 Å². The SMILES string of the molecule is CC(C)(C)c1cn(-c2ccc(NC(=O)[C@@H]3C[C@H]3c3ccc(Cl)cc3)cc2-c2nnn[nH]2)cn1. The molecule has 2 aromatic heterocycles. The van der Waals surface area contributed by atoms with Gasteiger partial charge >= 0.3 is 0 Å². The summed E-state index contributed by atoms with van der Waals surface area (Å²) >= 11 is 5.98. The Morgan fingerprint density at radius 1 is 1.18 bits per heavy atom. The van der Waals surface area contributed by atoms with Gasteiger partial charge in [0.2, 0.25) is 5.91 Å². The van der Waals surface area contributed by atoms with E-state index in [2.05, 4.69) is 51.7 Å². The van der Waals surface area contributed by atoms with Crippen LogP contribution >= 0.6 is 11.6 Å². The first-order valence-corrected chi connectivity index (χ1v) is 11.2. The van der Waals surface area contributed by atoms with Gasteiger partial charge in [-0.1, -0.05) is 44.5 Å². The number of benzene rings is 2. The number of carbonyl (C=O) groups is 1. The van der Waals surface area contributed by atoms with Gasteiger partial charge in [-0.15, -0.1) is 5.10 Å². The molecule has 2 aromatic carbocycles. The zero-order valence-corrected chi connectivity index (χ0v) is 19.3. The molecular formula is C24H24ClN7O. The third-order valence-corrected chi connectivity index (χ3v) is 6.17. The molecule has 0 bridgehead atoms. The minimum absolute atomic E-state index is 0.00185. The molecule has 0 radical (unpaired) electrons. The molecule has 33 heavy (non-hydrogen) atoms. The molecule has 9 heteroatoms. The minimum Gasteiger partial charge on any atom is -0.326 e. The Labute approximate surface area is 196 Å². The number of H-pyrrole nitrogens is 1. The van der Waals surface area contributed by atoms with Crippen molar-refractivity contribution in [2.75, 3.05) is 5.32 Å². The zero-order chi connectivity index (χ0) is 23.2. The second kappa shape index (κ2) is 8.12. The van der Waals surface area contributed by atoms with Gasteiger partial charge in [-0.2, -0.15) is 0 Å². The van der Waals surface area contributed by atoms with Crippen molar-refractivity contribution in [2.45, 2.75) is 38.5 Å². The number of rotatable bonds is 5. The average Bonchev–Trinajstić information content (AvgIpc) is 3.16. The highest BCUT2D eigenvalue weighted by molar-refractivity contribution is 6.30. The number of amides is 1. The van der Waals surface area contributed by atoms with E-state index in [1.165, 1.54) is 0 Å². The van der Waals surface area contributed by atoms with Gasteiger partial charge in [0.15, 0.2) is 5.82 Å². The number of carbonyl (C=O) groups excluding carboxylic acids is 1. The third kappa shape index (κ3) is 4.39. The molecule has 0 unspecified atom stereocenters. The van der Waals surface area contributed by atoms with E-state index in [4.69, 9.17) is 11.6 Å². The Hall–Kier alpha value is -3.52. The van der Waals surface area contributed by atoms with Crippen LogP contribution in [0, 0.1) is 5.92 Å². The Morgan fingerprint density at radius 3 is 2.64 bits per heavy atom. The summed E-state index contributed by atoms with van der Waals surface area (Å²) in [6, 6.07) is 13.4. The van der Waals surface area contributed by atoms with Gasteiger partial charge in [-0.25, -0.2) is 10.1 Å². The lowest BCUT2D eigenvalue weighted by molar-refractivity contribution is -0.117. The highest BCUT2D eigenvalue weighted by Crippen LogP contribution is 2.48. The van der Waals surface area contributed by atoms with Crippen LogP contribution in [-0.2, 0) is 10.2 Å². The van der Waals surface area contributed by atoms with Crippen molar-refractivity contribution in [1.82, 2.24) is 30.2 Å². The maximum Gasteiger partial charge on any atom is 0.228 e. The molecule has 5 rings (SSSR count). The molecule has 2 N–H and O–H groups in total. The first-order chi connectivity index (χ1) is 15.8. The summed E-state index contributed by atoms with van der Waals surface area (Å²) in [4.78, 5) is 17.4. The highest BCUT2D eigenvalue weighted by Gasteiger charge is 2.43. The number of imidazole rings is 1. The Kier molecular flexibility index (Phi) is 5.25. The normalized spacial score (nSPS) is 17.7. The fourth-order valence-corrected chi connectivity index (χ4v) is 4.07. The second-order valence-corrected chi connectivity index (χ2v) is 9.82. The summed E-state index contributed by atoms with van der Waals surface area (Å²) in [5, 5.41) is 18.1. The Balaban J connectivity index is 1.39. The zero-order valence-electron chi connectivity index (χ0n) is 18.6. The molecular weight excluding hydrogens is 438 g/mol. The number of aromatic nitrogens is 6. The smallest absolute Gasteiger partial charge is 0.228 e. The largest absolute Gasteiger partial charge is 0.326 e. The molecule has 2 heterocycles. The fourth-order valence-electron chi connectivity index (χ4n) is 3.94. The quantitative estimate of drug-likeness (QED) is 0.446. The molecule has 1 aliphatic rings. The summed E-state index contributed by atoms with van der Waals surface area (Å²) in [6.07, 6.45) is 4.61. The number of tetrazole rings is 1. The molecule has 1 saturated carbocycles. The number of nitrogens with zero attached hydrogens (tertiary/aromatic N) is 5. The minimum atomic E-state index is -0.0714. The number of nitrogens with one attached hydrogen (secondary N) is 2. The van der Waals surface area contributed by atoms with Crippen LogP contribution in [0.2, 0.25) is 5.02 Å². The second-order valence-electron chi connectivity index (χ2n) is 9.39. The summed E-state index contributed by atoms with van der Waals surface area (Å²) in [5.74, 6) is 0.685. The number of hydrogen-bond donors (Lipinski definition) is 2.